The van der Waals surface area contributed by atoms with Crippen LogP contribution < -0.4 is 10.1 Å². The Balaban J connectivity index is 1.67. The minimum atomic E-state index is 0.238. The largest absolute Gasteiger partial charge is 0.497 e. The first-order valence-corrected chi connectivity index (χ1v) is 7.55. The van der Waals surface area contributed by atoms with Gasteiger partial charge in [0.05, 0.1) is 13.2 Å². The highest BCUT2D eigenvalue weighted by atomic mass is 16.5. The van der Waals surface area contributed by atoms with Crippen LogP contribution in [0.3, 0.4) is 0 Å². The molecule has 1 aromatic rings. The lowest BCUT2D eigenvalue weighted by molar-refractivity contribution is -0.115. The molecule has 1 N–H and O–H groups in total. The normalized spacial score (nSPS) is 32.3. The van der Waals surface area contributed by atoms with Gasteiger partial charge in [0, 0.05) is 30.0 Å². The quantitative estimate of drug-likeness (QED) is 0.915. The molecule has 2 fully saturated rings. The molecular weight excluding hydrogens is 250 g/mol. The van der Waals surface area contributed by atoms with E-state index in [-0.39, 0.29) is 5.41 Å². The molecule has 1 aliphatic carbocycles. The van der Waals surface area contributed by atoms with Crippen molar-refractivity contribution in [3.05, 3.63) is 29.8 Å². The molecule has 2 aliphatic rings. The maximum Gasteiger partial charge on any atom is 0.118 e. The van der Waals surface area contributed by atoms with Crippen LogP contribution in [0.15, 0.2) is 24.3 Å². The molecule has 1 heterocycles. The summed E-state index contributed by atoms with van der Waals surface area (Å²) in [5.74, 6) is 1.60. The molecule has 4 atom stereocenters. The fourth-order valence-corrected chi connectivity index (χ4v) is 3.92. The van der Waals surface area contributed by atoms with Crippen LogP contribution in [0.25, 0.3) is 0 Å². The van der Waals surface area contributed by atoms with E-state index in [0.29, 0.717) is 24.1 Å². The standard InChI is InChI=1S/C17H25NO2/c1-11(12-5-7-13(19-4)8-6-12)18-15-14-9-10-20-16(14)17(15,2)3/h5-8,11,14-16,18H,9-10H2,1-4H3/t11-,14?,15?,16?/m0/s1. The lowest BCUT2D eigenvalue weighted by Crippen LogP contribution is -2.66. The molecule has 1 saturated heterocycles. The zero-order chi connectivity index (χ0) is 14.3. The second-order valence-corrected chi connectivity index (χ2v) is 6.70. The molecule has 1 saturated carbocycles. The Morgan fingerprint density at radius 1 is 1.30 bits per heavy atom. The summed E-state index contributed by atoms with van der Waals surface area (Å²) in [5, 5.41) is 3.81. The van der Waals surface area contributed by atoms with Gasteiger partial charge in [0.25, 0.3) is 0 Å². The molecule has 3 unspecified atom stereocenters. The van der Waals surface area contributed by atoms with Gasteiger partial charge in [0.1, 0.15) is 5.75 Å². The third-order valence-corrected chi connectivity index (χ3v) is 5.15. The van der Waals surface area contributed by atoms with Crippen molar-refractivity contribution in [3.8, 4) is 5.75 Å². The van der Waals surface area contributed by atoms with Crippen LogP contribution in [-0.4, -0.2) is 25.9 Å². The predicted molar refractivity (Wildman–Crippen MR) is 80.0 cm³/mol. The molecule has 0 aromatic heterocycles. The van der Waals surface area contributed by atoms with Crippen LogP contribution in [0, 0.1) is 11.3 Å². The SMILES string of the molecule is COc1ccc([C@H](C)NC2C3CCOC3C2(C)C)cc1. The average Bonchev–Trinajstić information content (AvgIpc) is 2.91. The first kappa shape index (κ1) is 13.9. The van der Waals surface area contributed by atoms with Crippen LogP contribution in [0.1, 0.15) is 38.8 Å². The maximum atomic E-state index is 5.86. The minimum Gasteiger partial charge on any atom is -0.497 e. The van der Waals surface area contributed by atoms with Crippen molar-refractivity contribution in [3.63, 3.8) is 0 Å². The number of fused-ring (bicyclic) bond motifs is 1. The highest BCUT2D eigenvalue weighted by Crippen LogP contribution is 2.52. The topological polar surface area (TPSA) is 30.5 Å². The number of ether oxygens (including phenoxy) is 2. The summed E-state index contributed by atoms with van der Waals surface area (Å²) in [6.45, 7) is 7.80. The Bertz CT molecular complexity index is 468. The van der Waals surface area contributed by atoms with E-state index in [0.717, 1.165) is 12.4 Å². The van der Waals surface area contributed by atoms with Crippen molar-refractivity contribution in [2.75, 3.05) is 13.7 Å². The second kappa shape index (κ2) is 5.05. The van der Waals surface area contributed by atoms with Gasteiger partial charge in [-0.2, -0.15) is 0 Å². The summed E-state index contributed by atoms with van der Waals surface area (Å²) in [6.07, 6.45) is 1.64. The van der Waals surface area contributed by atoms with Crippen molar-refractivity contribution >= 4 is 0 Å². The van der Waals surface area contributed by atoms with E-state index in [1.54, 1.807) is 7.11 Å². The summed E-state index contributed by atoms with van der Waals surface area (Å²) in [5.41, 5.74) is 1.55. The fraction of sp³-hybridized carbons (Fsp3) is 0.647. The van der Waals surface area contributed by atoms with Gasteiger partial charge in [-0.05, 0) is 31.0 Å². The lowest BCUT2D eigenvalue weighted by Gasteiger charge is -2.55. The molecule has 0 bridgehead atoms. The van der Waals surface area contributed by atoms with E-state index in [1.807, 2.05) is 12.1 Å². The Kier molecular flexibility index (Phi) is 3.51. The van der Waals surface area contributed by atoms with Crippen molar-refractivity contribution in [1.29, 1.82) is 0 Å². The molecule has 3 heteroatoms. The van der Waals surface area contributed by atoms with Gasteiger partial charge in [0.2, 0.25) is 0 Å². The summed E-state index contributed by atoms with van der Waals surface area (Å²) in [4.78, 5) is 0. The first-order valence-electron chi connectivity index (χ1n) is 7.55. The van der Waals surface area contributed by atoms with Crippen LogP contribution in [0.4, 0.5) is 0 Å². The third-order valence-electron chi connectivity index (χ3n) is 5.15. The zero-order valence-electron chi connectivity index (χ0n) is 12.8. The highest BCUT2D eigenvalue weighted by Gasteiger charge is 2.59. The average molecular weight is 275 g/mol. The van der Waals surface area contributed by atoms with E-state index in [4.69, 9.17) is 9.47 Å². The minimum absolute atomic E-state index is 0.238. The number of hydrogen-bond acceptors (Lipinski definition) is 3. The summed E-state index contributed by atoms with van der Waals surface area (Å²) in [6, 6.07) is 9.25. The van der Waals surface area contributed by atoms with Crippen LogP contribution >= 0.6 is 0 Å². The second-order valence-electron chi connectivity index (χ2n) is 6.70. The number of hydrogen-bond donors (Lipinski definition) is 1. The summed E-state index contributed by atoms with van der Waals surface area (Å²) < 4.78 is 11.1. The van der Waals surface area contributed by atoms with Crippen molar-refractivity contribution in [1.82, 2.24) is 5.32 Å². The molecule has 1 aromatic carbocycles. The molecule has 110 valence electrons. The van der Waals surface area contributed by atoms with Gasteiger partial charge in [-0.1, -0.05) is 26.0 Å². The Labute approximate surface area is 121 Å². The first-order chi connectivity index (χ1) is 9.54. The van der Waals surface area contributed by atoms with Crippen molar-refractivity contribution in [2.24, 2.45) is 11.3 Å². The van der Waals surface area contributed by atoms with E-state index < -0.39 is 0 Å². The Morgan fingerprint density at radius 2 is 2.00 bits per heavy atom. The number of methoxy groups -OCH3 is 1. The van der Waals surface area contributed by atoms with Gasteiger partial charge >= 0.3 is 0 Å². The number of nitrogens with one attached hydrogen (secondary N) is 1. The van der Waals surface area contributed by atoms with Crippen LogP contribution in [0.5, 0.6) is 5.75 Å². The third kappa shape index (κ3) is 2.13. The van der Waals surface area contributed by atoms with Crippen molar-refractivity contribution < 1.29 is 9.47 Å². The van der Waals surface area contributed by atoms with Gasteiger partial charge in [-0.3, -0.25) is 0 Å². The van der Waals surface area contributed by atoms with E-state index in [9.17, 15) is 0 Å². The van der Waals surface area contributed by atoms with Gasteiger partial charge in [-0.15, -0.1) is 0 Å². The van der Waals surface area contributed by atoms with E-state index in [1.165, 1.54) is 12.0 Å². The Morgan fingerprint density at radius 3 is 2.65 bits per heavy atom. The Hall–Kier alpha value is -1.06. The van der Waals surface area contributed by atoms with Crippen LogP contribution in [-0.2, 0) is 4.74 Å². The molecular formula is C17H25NO2. The molecule has 0 spiro atoms. The zero-order valence-corrected chi connectivity index (χ0v) is 12.8. The molecule has 3 rings (SSSR count). The van der Waals surface area contributed by atoms with E-state index in [2.05, 4.69) is 38.2 Å². The van der Waals surface area contributed by atoms with Crippen LogP contribution in [0.2, 0.25) is 0 Å². The molecule has 3 nitrogen and oxygen atoms in total. The highest BCUT2D eigenvalue weighted by molar-refractivity contribution is 5.29. The molecule has 0 radical (unpaired) electrons. The number of benzene rings is 1. The van der Waals surface area contributed by atoms with Gasteiger partial charge < -0.3 is 14.8 Å². The predicted octanol–water partition coefficient (Wildman–Crippen LogP) is 3.16. The number of rotatable bonds is 4. The molecule has 20 heavy (non-hydrogen) atoms. The van der Waals surface area contributed by atoms with Gasteiger partial charge in [0.15, 0.2) is 0 Å². The maximum absolute atomic E-state index is 5.86. The molecule has 0 amide bonds. The van der Waals surface area contributed by atoms with E-state index >= 15 is 0 Å². The van der Waals surface area contributed by atoms with Crippen molar-refractivity contribution in [2.45, 2.75) is 45.4 Å². The summed E-state index contributed by atoms with van der Waals surface area (Å²) >= 11 is 0. The monoisotopic (exact) mass is 275 g/mol. The fourth-order valence-electron chi connectivity index (χ4n) is 3.92. The summed E-state index contributed by atoms with van der Waals surface area (Å²) in [7, 11) is 1.70. The smallest absolute Gasteiger partial charge is 0.118 e. The lowest BCUT2D eigenvalue weighted by atomic mass is 9.57. The van der Waals surface area contributed by atoms with Gasteiger partial charge in [-0.25, -0.2) is 0 Å². The molecule has 1 aliphatic heterocycles.